The van der Waals surface area contributed by atoms with Gasteiger partial charge in [0, 0.05) is 0 Å². The predicted molar refractivity (Wildman–Crippen MR) is 68.3 cm³/mol. The summed E-state index contributed by atoms with van der Waals surface area (Å²) < 4.78 is 0. The summed E-state index contributed by atoms with van der Waals surface area (Å²) in [6.07, 6.45) is 0. The van der Waals surface area contributed by atoms with E-state index in [1.807, 2.05) is 0 Å². The number of carbonyl (C=O) groups excluding carboxylic acids is 8. The normalized spacial score (nSPS) is 10.4. The second kappa shape index (κ2) is 15.8. The van der Waals surface area contributed by atoms with Crippen LogP contribution in [0.3, 0.4) is 0 Å². The van der Waals surface area contributed by atoms with Crippen LogP contribution in [0.1, 0.15) is 0 Å². The molecule has 0 aliphatic carbocycles. The van der Waals surface area contributed by atoms with Crippen molar-refractivity contribution < 1.29 is 63.6 Å². The predicted octanol–water partition coefficient (Wildman–Crippen LogP) is -3.49. The van der Waals surface area contributed by atoms with Gasteiger partial charge in [-0.2, -0.15) is 0 Å². The van der Waals surface area contributed by atoms with Gasteiger partial charge in [-0.25, -0.2) is 0 Å². The van der Waals surface area contributed by atoms with Crippen molar-refractivity contribution in [2.75, 3.05) is 0 Å². The molecule has 110 valence electrons. The standard InChI is InChI=1S/8CHO.2Co.2Na.2H/c8*1-2;;;;;;/h8*1H;;;;;;. The Morgan fingerprint density at radius 1 is 0.350 bits per heavy atom. The third-order valence-electron chi connectivity index (χ3n) is 1.09. The molecule has 0 aromatic rings. The first-order chi connectivity index (χ1) is 8.49. The average Bonchev–Trinajstić information content (AvgIpc) is 2.46. The third kappa shape index (κ3) is 9.33. The van der Waals surface area contributed by atoms with E-state index in [2.05, 4.69) is 0 Å². The second-order valence-electron chi connectivity index (χ2n) is 1.96. The van der Waals surface area contributed by atoms with Crippen LogP contribution in [0.2, 0.25) is 0 Å². The molecular formula is C8H10Co2Na2O8. The van der Waals surface area contributed by atoms with Gasteiger partial charge in [-0.15, -0.1) is 0 Å². The summed E-state index contributed by atoms with van der Waals surface area (Å²) in [7, 11) is 0. The van der Waals surface area contributed by atoms with Crippen LogP contribution >= 0.6 is 0 Å². The minimum absolute atomic E-state index is 0. The van der Waals surface area contributed by atoms with E-state index in [4.69, 9.17) is 0 Å². The number of hydrogen-bond donors (Lipinski definition) is 0. The minimum atomic E-state index is -3.12. The summed E-state index contributed by atoms with van der Waals surface area (Å²) in [4.78, 5) is 79.0. The molecular weight excluding hydrogens is 388 g/mol. The first-order valence-electron chi connectivity index (χ1n) is 3.43. The monoisotopic (exact) mass is 398 g/mol. The van der Waals surface area contributed by atoms with Gasteiger partial charge in [0.2, 0.25) is 0 Å². The van der Waals surface area contributed by atoms with Crippen LogP contribution < -0.4 is 0 Å². The topological polar surface area (TPSA) is 137 Å². The van der Waals surface area contributed by atoms with E-state index in [0.29, 0.717) is 0 Å². The van der Waals surface area contributed by atoms with Gasteiger partial charge >= 0.3 is 164 Å². The molecule has 0 aliphatic rings. The Labute approximate surface area is 162 Å². The van der Waals surface area contributed by atoms with Gasteiger partial charge in [-0.1, -0.05) is 0 Å². The number of rotatable bonds is 8. The zero-order valence-corrected chi connectivity index (χ0v) is 10.6. The van der Waals surface area contributed by atoms with Crippen molar-refractivity contribution in [1.29, 1.82) is 0 Å². The summed E-state index contributed by atoms with van der Waals surface area (Å²) in [5, 5.41) is 0.875. The van der Waals surface area contributed by atoms with Gasteiger partial charge in [0.1, 0.15) is 0 Å². The van der Waals surface area contributed by atoms with E-state index in [1.165, 1.54) is 0 Å². The molecule has 12 heteroatoms. The van der Waals surface area contributed by atoms with Crippen LogP contribution in [0.15, 0.2) is 0 Å². The maximum atomic E-state index is 9.88. The molecule has 0 spiro atoms. The first kappa shape index (κ1) is 28.5. The molecule has 0 aromatic carbocycles. The van der Waals surface area contributed by atoms with E-state index in [1.54, 1.807) is 0 Å². The van der Waals surface area contributed by atoms with Crippen molar-refractivity contribution in [3.8, 4) is 0 Å². The Balaban J connectivity index is -0.000000116. The fourth-order valence-electron chi connectivity index (χ4n) is 0.222. The summed E-state index contributed by atoms with van der Waals surface area (Å²) in [5.41, 5.74) is 0. The zero-order chi connectivity index (χ0) is 14.7. The van der Waals surface area contributed by atoms with Crippen molar-refractivity contribution in [3.05, 3.63) is 0 Å². The van der Waals surface area contributed by atoms with Crippen LogP contribution in [0.25, 0.3) is 0 Å². The van der Waals surface area contributed by atoms with E-state index < -0.39 is 25.2 Å². The molecule has 0 saturated carbocycles. The van der Waals surface area contributed by atoms with Gasteiger partial charge in [0.25, 0.3) is 0 Å². The quantitative estimate of drug-likeness (QED) is 0.304. The summed E-state index contributed by atoms with van der Waals surface area (Å²) in [6, 6.07) is 0. The van der Waals surface area contributed by atoms with Crippen molar-refractivity contribution >= 4 is 101 Å². The average molecular weight is 398 g/mol. The molecule has 0 rings (SSSR count). The van der Waals surface area contributed by atoms with E-state index in [0.717, 1.165) is 0 Å². The molecule has 0 amide bonds. The molecule has 0 aliphatic heterocycles. The Hall–Kier alpha value is 0.373. The molecule has 0 atom stereocenters. The molecule has 8 nitrogen and oxygen atoms in total. The fraction of sp³-hybridized carbons (Fsp3) is 0. The number of carbonyl (C=O) groups is 8. The molecule has 0 bridgehead atoms. The fourth-order valence-corrected chi connectivity index (χ4v) is 0.916. The van der Waals surface area contributed by atoms with Gasteiger partial charge in [0.05, 0.1) is 0 Å². The van der Waals surface area contributed by atoms with Crippen LogP contribution in [0.5, 0.6) is 0 Å². The van der Waals surface area contributed by atoms with Crippen LogP contribution in [-0.2, 0) is 63.6 Å². The number of hydrogen-bond acceptors (Lipinski definition) is 8. The van der Waals surface area contributed by atoms with Crippen LogP contribution in [-0.4, -0.2) is 101 Å². The van der Waals surface area contributed by atoms with Crippen molar-refractivity contribution in [1.82, 2.24) is 0 Å². The third-order valence-corrected chi connectivity index (χ3v) is 4.49. The van der Waals surface area contributed by atoms with Gasteiger partial charge in [-0.3, -0.25) is 0 Å². The molecule has 0 radical (unpaired) electrons. The van der Waals surface area contributed by atoms with Crippen LogP contribution in [0.4, 0.5) is 0 Å². The molecule has 0 fully saturated rings. The van der Waals surface area contributed by atoms with E-state index >= 15 is 0 Å². The van der Waals surface area contributed by atoms with Crippen molar-refractivity contribution in [2.24, 2.45) is 0 Å². The van der Waals surface area contributed by atoms with Crippen molar-refractivity contribution in [2.45, 2.75) is 0 Å². The van der Waals surface area contributed by atoms with Gasteiger partial charge < -0.3 is 0 Å². The maximum absolute atomic E-state index is 9.88. The van der Waals surface area contributed by atoms with Gasteiger partial charge in [-0.05, 0) is 0 Å². The molecule has 0 heterocycles. The Bertz CT molecular complexity index is 276. The Morgan fingerprint density at radius 3 is 0.450 bits per heavy atom. The van der Waals surface area contributed by atoms with E-state index in [9.17, 15) is 38.4 Å². The van der Waals surface area contributed by atoms with Crippen molar-refractivity contribution in [3.63, 3.8) is 0 Å². The second-order valence-corrected chi connectivity index (χ2v) is 8.09. The zero-order valence-electron chi connectivity index (χ0n) is 8.55. The molecule has 0 aromatic heterocycles. The molecule has 0 N–H and O–H groups in total. The summed E-state index contributed by atoms with van der Waals surface area (Å²) in [5.74, 6) is 0. The van der Waals surface area contributed by atoms with Crippen LogP contribution in [0, 0.1) is 0 Å². The first-order valence-corrected chi connectivity index (χ1v) is 8.23. The Kier molecular flexibility index (Phi) is 22.5. The SMILES string of the molecule is O=[CH][Co]([CH]=O)([CH]=O)[CH]=O.O=[CH][Co]([CH]=O)([CH]=O)[CH]=O.[NaH].[NaH]. The Morgan fingerprint density at radius 2 is 0.450 bits per heavy atom. The molecule has 0 unspecified atom stereocenters. The summed E-state index contributed by atoms with van der Waals surface area (Å²) in [6.45, 7) is 0. The van der Waals surface area contributed by atoms with E-state index in [-0.39, 0.29) is 101 Å². The summed E-state index contributed by atoms with van der Waals surface area (Å²) >= 11 is -6.25. The molecule has 20 heavy (non-hydrogen) atoms. The molecule has 0 saturated heterocycles. The van der Waals surface area contributed by atoms with Gasteiger partial charge in [0.15, 0.2) is 0 Å².